The molecule has 7 heteroatoms. The Morgan fingerprint density at radius 1 is 1.48 bits per heavy atom. The number of rotatable bonds is 5. The lowest BCUT2D eigenvalue weighted by atomic mass is 10.2. The van der Waals surface area contributed by atoms with Crippen molar-refractivity contribution in [2.24, 2.45) is 0 Å². The van der Waals surface area contributed by atoms with Gasteiger partial charge in [0.25, 0.3) is 0 Å². The quantitative estimate of drug-likeness (QED) is 0.863. The number of urea groups is 1. The van der Waals surface area contributed by atoms with Crippen molar-refractivity contribution in [3.63, 3.8) is 0 Å². The molecule has 0 unspecified atom stereocenters. The number of carbonyl (C=O) groups is 2. The van der Waals surface area contributed by atoms with E-state index in [1.54, 1.807) is 18.2 Å². The van der Waals surface area contributed by atoms with E-state index in [0.717, 1.165) is 18.4 Å². The maximum atomic E-state index is 12.2. The summed E-state index contributed by atoms with van der Waals surface area (Å²) in [4.78, 5) is 25.3. The molecule has 23 heavy (non-hydrogen) atoms. The molecule has 0 spiro atoms. The van der Waals surface area contributed by atoms with Crippen LogP contribution in [0.2, 0.25) is 5.02 Å². The van der Waals surface area contributed by atoms with Crippen LogP contribution >= 0.6 is 11.6 Å². The minimum Gasteiger partial charge on any atom is -0.493 e. The molecule has 6 nitrogen and oxygen atoms in total. The summed E-state index contributed by atoms with van der Waals surface area (Å²) >= 11 is 6.02. The lowest BCUT2D eigenvalue weighted by Crippen LogP contribution is -2.43. The predicted molar refractivity (Wildman–Crippen MR) is 88.7 cm³/mol. The Balaban J connectivity index is 1.97. The first-order valence-electron chi connectivity index (χ1n) is 7.81. The van der Waals surface area contributed by atoms with Crippen LogP contribution in [0.3, 0.4) is 0 Å². The van der Waals surface area contributed by atoms with Crippen LogP contribution < -0.4 is 15.4 Å². The normalized spacial score (nSPS) is 14.9. The van der Waals surface area contributed by atoms with E-state index in [4.69, 9.17) is 16.3 Å². The molecule has 1 fully saturated rings. The first kappa shape index (κ1) is 17.4. The number of carbonyl (C=O) groups excluding carboxylic acids is 2. The number of benzene rings is 1. The molecule has 1 aromatic rings. The molecule has 1 aliphatic rings. The second kappa shape index (κ2) is 8.62. The molecule has 126 valence electrons. The summed E-state index contributed by atoms with van der Waals surface area (Å²) in [6, 6.07) is 5.08. The van der Waals surface area contributed by atoms with E-state index in [-0.39, 0.29) is 18.5 Å². The van der Waals surface area contributed by atoms with Gasteiger partial charge in [-0.1, -0.05) is 18.5 Å². The first-order chi connectivity index (χ1) is 11.1. The van der Waals surface area contributed by atoms with Crippen LogP contribution in [0.5, 0.6) is 5.75 Å². The van der Waals surface area contributed by atoms with Crippen LogP contribution in [0.1, 0.15) is 25.3 Å². The lowest BCUT2D eigenvalue weighted by Gasteiger charge is -2.20. The fourth-order valence-corrected chi connectivity index (χ4v) is 2.50. The zero-order chi connectivity index (χ0) is 16.7. The van der Waals surface area contributed by atoms with Gasteiger partial charge >= 0.3 is 6.03 Å². The van der Waals surface area contributed by atoms with E-state index in [0.29, 0.717) is 37.0 Å². The highest BCUT2D eigenvalue weighted by Crippen LogP contribution is 2.23. The van der Waals surface area contributed by atoms with E-state index in [2.05, 4.69) is 10.6 Å². The summed E-state index contributed by atoms with van der Waals surface area (Å²) in [6.07, 6.45) is 1.65. The van der Waals surface area contributed by atoms with Gasteiger partial charge < -0.3 is 20.3 Å². The van der Waals surface area contributed by atoms with Gasteiger partial charge in [-0.3, -0.25) is 4.79 Å². The Bertz CT molecular complexity index is 566. The van der Waals surface area contributed by atoms with Gasteiger partial charge in [0, 0.05) is 30.2 Å². The maximum absolute atomic E-state index is 12.2. The molecular formula is C16H22ClN3O3. The largest absolute Gasteiger partial charge is 0.493 e. The van der Waals surface area contributed by atoms with Crippen molar-refractivity contribution in [1.29, 1.82) is 0 Å². The third kappa shape index (κ3) is 5.32. The molecule has 1 aliphatic heterocycles. The summed E-state index contributed by atoms with van der Waals surface area (Å²) in [6.45, 7) is 4.18. The first-order valence-corrected chi connectivity index (χ1v) is 8.18. The number of nitrogens with one attached hydrogen (secondary N) is 2. The molecule has 0 aromatic heterocycles. The van der Waals surface area contributed by atoms with Gasteiger partial charge in [-0.05, 0) is 31.0 Å². The molecule has 2 rings (SSSR count). The highest BCUT2D eigenvalue weighted by molar-refractivity contribution is 6.30. The van der Waals surface area contributed by atoms with Crippen molar-refractivity contribution >= 4 is 23.5 Å². The van der Waals surface area contributed by atoms with Gasteiger partial charge in [-0.25, -0.2) is 4.79 Å². The molecule has 3 amide bonds. The summed E-state index contributed by atoms with van der Waals surface area (Å²) in [5.41, 5.74) is 0.818. The fraction of sp³-hybridized carbons (Fsp3) is 0.500. The average molecular weight is 340 g/mol. The van der Waals surface area contributed by atoms with Gasteiger partial charge in [0.1, 0.15) is 12.3 Å². The van der Waals surface area contributed by atoms with Crippen molar-refractivity contribution in [1.82, 2.24) is 15.5 Å². The predicted octanol–water partition coefficient (Wildman–Crippen LogP) is 2.16. The topological polar surface area (TPSA) is 70.7 Å². The van der Waals surface area contributed by atoms with Crippen molar-refractivity contribution in [3.8, 4) is 5.75 Å². The molecule has 0 saturated carbocycles. The van der Waals surface area contributed by atoms with Crippen molar-refractivity contribution < 1.29 is 14.3 Å². The summed E-state index contributed by atoms with van der Waals surface area (Å²) in [5, 5.41) is 6.16. The minimum absolute atomic E-state index is 0.0839. The van der Waals surface area contributed by atoms with E-state index in [9.17, 15) is 9.59 Å². The lowest BCUT2D eigenvalue weighted by molar-refractivity contribution is -0.121. The molecule has 1 heterocycles. The van der Waals surface area contributed by atoms with Crippen molar-refractivity contribution in [2.75, 3.05) is 26.2 Å². The van der Waals surface area contributed by atoms with E-state index in [1.165, 1.54) is 4.90 Å². The Morgan fingerprint density at radius 3 is 3.09 bits per heavy atom. The second-order valence-electron chi connectivity index (χ2n) is 5.38. The van der Waals surface area contributed by atoms with Crippen LogP contribution in [0, 0.1) is 0 Å². The zero-order valence-corrected chi connectivity index (χ0v) is 14.0. The number of nitrogens with zero attached hydrogens (tertiary/aromatic N) is 1. The summed E-state index contributed by atoms with van der Waals surface area (Å²) in [7, 11) is 0. The Kier molecular flexibility index (Phi) is 6.52. The molecule has 1 aromatic carbocycles. The Hall–Kier alpha value is -1.95. The van der Waals surface area contributed by atoms with Gasteiger partial charge in [0.05, 0.1) is 6.61 Å². The standard InChI is InChI=1S/C16H22ClN3O3/c1-2-8-23-14-5-4-13(17)9-12(14)10-19-16(22)20-7-3-6-18-15(21)11-20/h4-5,9H,2-3,6-8,10-11H2,1H3,(H,18,21)(H,19,22). The summed E-state index contributed by atoms with van der Waals surface area (Å²) in [5.74, 6) is 0.581. The Morgan fingerprint density at radius 2 is 2.30 bits per heavy atom. The van der Waals surface area contributed by atoms with Crippen molar-refractivity contribution in [3.05, 3.63) is 28.8 Å². The highest BCUT2D eigenvalue weighted by atomic mass is 35.5. The fourth-order valence-electron chi connectivity index (χ4n) is 2.30. The molecule has 0 radical (unpaired) electrons. The monoisotopic (exact) mass is 339 g/mol. The molecule has 2 N–H and O–H groups in total. The Labute approximate surface area is 141 Å². The average Bonchev–Trinajstić information content (AvgIpc) is 2.76. The van der Waals surface area contributed by atoms with E-state index < -0.39 is 0 Å². The smallest absolute Gasteiger partial charge is 0.318 e. The van der Waals surface area contributed by atoms with Gasteiger partial charge in [-0.2, -0.15) is 0 Å². The van der Waals surface area contributed by atoms with Crippen LogP contribution in [-0.2, 0) is 11.3 Å². The SMILES string of the molecule is CCCOc1ccc(Cl)cc1CNC(=O)N1CCCNC(=O)C1. The highest BCUT2D eigenvalue weighted by Gasteiger charge is 2.19. The molecule has 0 atom stereocenters. The number of hydrogen-bond acceptors (Lipinski definition) is 3. The van der Waals surface area contributed by atoms with Crippen molar-refractivity contribution in [2.45, 2.75) is 26.3 Å². The molecule has 0 bridgehead atoms. The summed E-state index contributed by atoms with van der Waals surface area (Å²) < 4.78 is 5.67. The van der Waals surface area contributed by atoms with Crippen LogP contribution in [0.25, 0.3) is 0 Å². The molecule has 1 saturated heterocycles. The van der Waals surface area contributed by atoms with E-state index >= 15 is 0 Å². The number of ether oxygens (including phenoxy) is 1. The number of hydrogen-bond donors (Lipinski definition) is 2. The maximum Gasteiger partial charge on any atom is 0.318 e. The number of amides is 3. The van der Waals surface area contributed by atoms with Gasteiger partial charge in [-0.15, -0.1) is 0 Å². The molecular weight excluding hydrogens is 318 g/mol. The molecule has 0 aliphatic carbocycles. The van der Waals surface area contributed by atoms with Crippen LogP contribution in [0.4, 0.5) is 4.79 Å². The van der Waals surface area contributed by atoms with Crippen LogP contribution in [-0.4, -0.2) is 43.1 Å². The minimum atomic E-state index is -0.261. The zero-order valence-electron chi connectivity index (χ0n) is 13.2. The van der Waals surface area contributed by atoms with Gasteiger partial charge in [0.15, 0.2) is 0 Å². The van der Waals surface area contributed by atoms with E-state index in [1.807, 2.05) is 6.92 Å². The van der Waals surface area contributed by atoms with Crippen LogP contribution in [0.15, 0.2) is 18.2 Å². The number of halogens is 1. The third-order valence-corrected chi connectivity index (χ3v) is 3.70. The third-order valence-electron chi connectivity index (χ3n) is 3.46. The van der Waals surface area contributed by atoms with Gasteiger partial charge in [0.2, 0.25) is 5.91 Å². The second-order valence-corrected chi connectivity index (χ2v) is 5.82.